The normalized spacial score (nSPS) is 20.8. The zero-order valence-corrected chi connectivity index (χ0v) is 12.8. The molecule has 1 fully saturated rings. The summed E-state index contributed by atoms with van der Waals surface area (Å²) < 4.78 is 5.43. The second-order valence-corrected chi connectivity index (χ2v) is 5.84. The average molecular weight is 295 g/mol. The third-order valence-electron chi connectivity index (χ3n) is 4.27. The van der Waals surface area contributed by atoms with E-state index in [2.05, 4.69) is 30.4 Å². The monoisotopic (exact) mass is 295 g/mol. The molecule has 1 saturated heterocycles. The second kappa shape index (κ2) is 6.75. The van der Waals surface area contributed by atoms with Gasteiger partial charge in [0.1, 0.15) is 12.6 Å². The summed E-state index contributed by atoms with van der Waals surface area (Å²) >= 11 is 0. The van der Waals surface area contributed by atoms with Crippen LogP contribution in [0.25, 0.3) is 0 Å². The molecule has 0 saturated carbocycles. The minimum absolute atomic E-state index is 0.153. The number of rotatable bonds is 4. The van der Waals surface area contributed by atoms with Gasteiger partial charge in [-0.3, -0.25) is 4.79 Å². The zero-order chi connectivity index (χ0) is 15.4. The van der Waals surface area contributed by atoms with Crippen LogP contribution in [-0.2, 0) is 16.1 Å². The molecular weight excluding hydrogens is 274 g/mol. The predicted octanol–water partition coefficient (Wildman–Crippen LogP) is 3.18. The maximum atomic E-state index is 12.2. The zero-order valence-electron chi connectivity index (χ0n) is 12.8. The Balaban J connectivity index is 1.56. The number of nitrogens with one attached hydrogen (secondary N) is 1. The van der Waals surface area contributed by atoms with E-state index < -0.39 is 0 Å². The molecule has 0 unspecified atom stereocenters. The summed E-state index contributed by atoms with van der Waals surface area (Å²) in [5.74, 6) is 0.232. The van der Waals surface area contributed by atoms with Gasteiger partial charge < -0.3 is 10.1 Å². The Kier molecular flexibility index (Phi) is 4.54. The second-order valence-electron chi connectivity index (χ2n) is 5.84. The lowest BCUT2D eigenvalue weighted by Crippen LogP contribution is -2.32. The lowest BCUT2D eigenvalue weighted by Gasteiger charge is -2.13. The summed E-state index contributed by atoms with van der Waals surface area (Å²) in [4.78, 5) is 12.2. The van der Waals surface area contributed by atoms with Gasteiger partial charge in [-0.15, -0.1) is 0 Å². The van der Waals surface area contributed by atoms with Crippen LogP contribution in [0.1, 0.15) is 29.0 Å². The fraction of sp³-hybridized carbons (Fsp3) is 0.316. The SMILES string of the molecule is Cc1ccccc1[C@@H]1CN[C@H](C(=O)OCc2ccccc2)C1. The highest BCUT2D eigenvalue weighted by Gasteiger charge is 2.31. The molecule has 1 heterocycles. The fourth-order valence-corrected chi connectivity index (χ4v) is 3.03. The summed E-state index contributed by atoms with van der Waals surface area (Å²) in [5, 5.41) is 3.29. The highest BCUT2D eigenvalue weighted by molar-refractivity contribution is 5.76. The van der Waals surface area contributed by atoms with Crippen LogP contribution < -0.4 is 5.32 Å². The van der Waals surface area contributed by atoms with E-state index in [1.54, 1.807) is 0 Å². The molecule has 0 spiro atoms. The smallest absolute Gasteiger partial charge is 0.323 e. The van der Waals surface area contributed by atoms with Gasteiger partial charge in [0.25, 0.3) is 0 Å². The molecule has 1 N–H and O–H groups in total. The lowest BCUT2D eigenvalue weighted by atomic mass is 9.93. The van der Waals surface area contributed by atoms with E-state index >= 15 is 0 Å². The predicted molar refractivity (Wildman–Crippen MR) is 86.6 cm³/mol. The van der Waals surface area contributed by atoms with E-state index in [1.165, 1.54) is 11.1 Å². The number of hydrogen-bond acceptors (Lipinski definition) is 3. The van der Waals surface area contributed by atoms with Gasteiger partial charge in [0.15, 0.2) is 0 Å². The maximum Gasteiger partial charge on any atom is 0.323 e. The Labute approximate surface area is 131 Å². The molecule has 0 bridgehead atoms. The fourth-order valence-electron chi connectivity index (χ4n) is 3.03. The Morgan fingerprint density at radius 3 is 2.64 bits per heavy atom. The molecule has 3 nitrogen and oxygen atoms in total. The topological polar surface area (TPSA) is 38.3 Å². The summed E-state index contributed by atoms with van der Waals surface area (Å²) in [6.07, 6.45) is 0.804. The summed E-state index contributed by atoms with van der Waals surface area (Å²) in [6.45, 7) is 3.29. The molecule has 22 heavy (non-hydrogen) atoms. The van der Waals surface area contributed by atoms with Crippen LogP contribution in [0.5, 0.6) is 0 Å². The molecule has 0 amide bonds. The number of esters is 1. The van der Waals surface area contributed by atoms with Crippen molar-refractivity contribution in [2.75, 3.05) is 6.54 Å². The van der Waals surface area contributed by atoms with Gasteiger partial charge in [-0.1, -0.05) is 54.6 Å². The highest BCUT2D eigenvalue weighted by atomic mass is 16.5. The minimum atomic E-state index is -0.201. The van der Waals surface area contributed by atoms with Crippen molar-refractivity contribution in [1.82, 2.24) is 5.32 Å². The van der Waals surface area contributed by atoms with Gasteiger partial charge in [-0.2, -0.15) is 0 Å². The van der Waals surface area contributed by atoms with Gasteiger partial charge >= 0.3 is 5.97 Å². The van der Waals surface area contributed by atoms with Crippen LogP contribution in [0.2, 0.25) is 0 Å². The van der Waals surface area contributed by atoms with Crippen molar-refractivity contribution in [2.45, 2.75) is 31.9 Å². The first-order chi connectivity index (χ1) is 10.7. The number of benzene rings is 2. The molecular formula is C19H21NO2. The van der Waals surface area contributed by atoms with Crippen molar-refractivity contribution in [1.29, 1.82) is 0 Å². The van der Waals surface area contributed by atoms with Gasteiger partial charge in [0.2, 0.25) is 0 Å². The Morgan fingerprint density at radius 2 is 1.86 bits per heavy atom. The molecule has 2 aromatic carbocycles. The summed E-state index contributed by atoms with van der Waals surface area (Å²) in [6, 6.07) is 18.0. The Bertz CT molecular complexity index is 639. The summed E-state index contributed by atoms with van der Waals surface area (Å²) in [5.41, 5.74) is 3.63. The largest absolute Gasteiger partial charge is 0.460 e. The molecule has 0 aliphatic carbocycles. The van der Waals surface area contributed by atoms with Crippen molar-refractivity contribution >= 4 is 5.97 Å². The third-order valence-corrected chi connectivity index (χ3v) is 4.27. The minimum Gasteiger partial charge on any atom is -0.460 e. The van der Waals surface area contributed by atoms with Gasteiger partial charge in [0, 0.05) is 6.54 Å². The summed E-state index contributed by atoms with van der Waals surface area (Å²) in [7, 11) is 0. The van der Waals surface area contributed by atoms with Gasteiger partial charge in [-0.25, -0.2) is 0 Å². The van der Waals surface area contributed by atoms with Crippen LogP contribution in [0.15, 0.2) is 54.6 Å². The first-order valence-corrected chi connectivity index (χ1v) is 7.73. The van der Waals surface area contributed by atoms with Crippen LogP contribution in [0.3, 0.4) is 0 Å². The molecule has 3 rings (SSSR count). The van der Waals surface area contributed by atoms with Crippen LogP contribution >= 0.6 is 0 Å². The van der Waals surface area contributed by atoms with Crippen LogP contribution in [-0.4, -0.2) is 18.6 Å². The average Bonchev–Trinajstić information content (AvgIpc) is 3.04. The van der Waals surface area contributed by atoms with E-state index in [4.69, 9.17) is 4.74 Å². The number of carbonyl (C=O) groups is 1. The van der Waals surface area contributed by atoms with E-state index in [9.17, 15) is 4.79 Å². The standard InChI is InChI=1S/C19H21NO2/c1-14-7-5-6-10-17(14)16-11-18(20-12-16)19(21)22-13-15-8-3-2-4-9-15/h2-10,16,18,20H,11-13H2,1H3/t16-,18-/m0/s1. The molecule has 3 heteroatoms. The third kappa shape index (κ3) is 3.37. The molecule has 2 atom stereocenters. The number of aryl methyl sites for hydroxylation is 1. The highest BCUT2D eigenvalue weighted by Crippen LogP contribution is 2.28. The molecule has 0 radical (unpaired) electrons. The molecule has 2 aromatic rings. The Morgan fingerprint density at radius 1 is 1.14 bits per heavy atom. The number of ether oxygens (including phenoxy) is 1. The molecule has 0 aromatic heterocycles. The van der Waals surface area contributed by atoms with Gasteiger partial charge in [0.05, 0.1) is 0 Å². The molecule has 1 aliphatic rings. The quantitative estimate of drug-likeness (QED) is 0.880. The van der Waals surface area contributed by atoms with Crippen molar-refractivity contribution in [3.05, 3.63) is 71.3 Å². The van der Waals surface area contributed by atoms with E-state index in [0.717, 1.165) is 18.5 Å². The van der Waals surface area contributed by atoms with Crippen LogP contribution in [0, 0.1) is 6.92 Å². The van der Waals surface area contributed by atoms with E-state index in [0.29, 0.717) is 12.5 Å². The number of carbonyl (C=O) groups excluding carboxylic acids is 1. The van der Waals surface area contributed by atoms with Gasteiger partial charge in [-0.05, 0) is 36.0 Å². The van der Waals surface area contributed by atoms with Crippen molar-refractivity contribution in [3.63, 3.8) is 0 Å². The van der Waals surface area contributed by atoms with Crippen molar-refractivity contribution < 1.29 is 9.53 Å². The first kappa shape index (κ1) is 14.8. The van der Waals surface area contributed by atoms with Crippen molar-refractivity contribution in [2.24, 2.45) is 0 Å². The van der Waals surface area contributed by atoms with E-state index in [1.807, 2.05) is 36.4 Å². The molecule has 1 aliphatic heterocycles. The molecule has 114 valence electrons. The van der Waals surface area contributed by atoms with Crippen molar-refractivity contribution in [3.8, 4) is 0 Å². The first-order valence-electron chi connectivity index (χ1n) is 7.73. The lowest BCUT2D eigenvalue weighted by molar-refractivity contribution is -0.147. The van der Waals surface area contributed by atoms with Crippen LogP contribution in [0.4, 0.5) is 0 Å². The Hall–Kier alpha value is -2.13. The maximum absolute atomic E-state index is 12.2. The number of hydrogen-bond donors (Lipinski definition) is 1. The van der Waals surface area contributed by atoms with E-state index in [-0.39, 0.29) is 12.0 Å².